The largest absolute Gasteiger partial charge is 0.313 e. The average molecular weight is 140 g/mol. The SMILES string of the molecule is N=CCCCCC(=O)C=N. The average Bonchev–Trinajstić information content (AvgIpc) is 1.98. The summed E-state index contributed by atoms with van der Waals surface area (Å²) < 4.78 is 0. The number of rotatable bonds is 6. The van der Waals surface area contributed by atoms with Gasteiger partial charge in [0, 0.05) is 6.42 Å². The molecule has 3 nitrogen and oxygen atoms in total. The van der Waals surface area contributed by atoms with Gasteiger partial charge in [-0.3, -0.25) is 4.79 Å². The second kappa shape index (κ2) is 6.13. The van der Waals surface area contributed by atoms with E-state index in [1.54, 1.807) is 0 Å². The fourth-order valence-electron chi connectivity index (χ4n) is 0.618. The Hall–Kier alpha value is -0.990. The standard InChI is InChI=1S/C7H12N2O/c8-5-3-1-2-4-7(10)6-9/h5-6,8-9H,1-4H2. The summed E-state index contributed by atoms with van der Waals surface area (Å²) in [7, 11) is 0. The lowest BCUT2D eigenvalue weighted by Crippen LogP contribution is -1.96. The maximum Gasteiger partial charge on any atom is 0.173 e. The molecule has 0 aromatic heterocycles. The summed E-state index contributed by atoms with van der Waals surface area (Å²) in [5.74, 6) is -0.120. The van der Waals surface area contributed by atoms with Crippen LogP contribution < -0.4 is 0 Å². The van der Waals surface area contributed by atoms with E-state index in [9.17, 15) is 4.79 Å². The molecule has 0 heterocycles. The number of hydrogen-bond donors (Lipinski definition) is 2. The van der Waals surface area contributed by atoms with Crippen LogP contribution >= 0.6 is 0 Å². The van der Waals surface area contributed by atoms with Gasteiger partial charge in [-0.15, -0.1) is 0 Å². The molecule has 0 amide bonds. The summed E-state index contributed by atoms with van der Waals surface area (Å²) in [6.45, 7) is 0. The smallest absolute Gasteiger partial charge is 0.173 e. The first-order valence-corrected chi connectivity index (χ1v) is 3.33. The van der Waals surface area contributed by atoms with E-state index in [-0.39, 0.29) is 5.78 Å². The van der Waals surface area contributed by atoms with E-state index in [0.717, 1.165) is 25.5 Å². The van der Waals surface area contributed by atoms with Crippen molar-refractivity contribution in [2.75, 3.05) is 0 Å². The Morgan fingerprint density at radius 2 is 2.00 bits per heavy atom. The van der Waals surface area contributed by atoms with E-state index in [1.807, 2.05) is 0 Å². The molecule has 0 radical (unpaired) electrons. The zero-order chi connectivity index (χ0) is 7.82. The molecule has 0 rings (SSSR count). The minimum atomic E-state index is -0.120. The van der Waals surface area contributed by atoms with Crippen LogP contribution in [0.1, 0.15) is 25.7 Å². The van der Waals surface area contributed by atoms with Crippen molar-refractivity contribution < 1.29 is 4.79 Å². The normalized spacial score (nSPS) is 8.80. The number of ketones is 1. The Balaban J connectivity index is 3.11. The van der Waals surface area contributed by atoms with Gasteiger partial charge in [0.05, 0.1) is 6.21 Å². The lowest BCUT2D eigenvalue weighted by Gasteiger charge is -1.91. The second-order valence-electron chi connectivity index (χ2n) is 2.06. The van der Waals surface area contributed by atoms with E-state index >= 15 is 0 Å². The summed E-state index contributed by atoms with van der Waals surface area (Å²) in [5, 5.41) is 13.2. The van der Waals surface area contributed by atoms with Gasteiger partial charge in [-0.05, 0) is 25.5 Å². The quantitative estimate of drug-likeness (QED) is 0.425. The fourth-order valence-corrected chi connectivity index (χ4v) is 0.618. The van der Waals surface area contributed by atoms with Crippen LogP contribution in [0.25, 0.3) is 0 Å². The summed E-state index contributed by atoms with van der Waals surface area (Å²) in [6.07, 6.45) is 5.06. The molecule has 0 atom stereocenters. The Bertz CT molecular complexity index is 132. The Kier molecular flexibility index (Phi) is 5.53. The maximum absolute atomic E-state index is 10.5. The fraction of sp³-hybridized carbons (Fsp3) is 0.571. The lowest BCUT2D eigenvalue weighted by molar-refractivity contribution is -0.112. The summed E-state index contributed by atoms with van der Waals surface area (Å²) >= 11 is 0. The van der Waals surface area contributed by atoms with Gasteiger partial charge in [-0.25, -0.2) is 0 Å². The van der Waals surface area contributed by atoms with Crippen LogP contribution in [0.3, 0.4) is 0 Å². The van der Waals surface area contributed by atoms with Crippen LogP contribution in [0.5, 0.6) is 0 Å². The van der Waals surface area contributed by atoms with Gasteiger partial charge < -0.3 is 10.8 Å². The first-order chi connectivity index (χ1) is 4.81. The van der Waals surface area contributed by atoms with Crippen molar-refractivity contribution >= 4 is 18.2 Å². The molecule has 0 aromatic carbocycles. The topological polar surface area (TPSA) is 64.8 Å². The lowest BCUT2D eigenvalue weighted by atomic mass is 10.1. The van der Waals surface area contributed by atoms with Gasteiger partial charge in [0.15, 0.2) is 5.78 Å². The predicted octanol–water partition coefficient (Wildman–Crippen LogP) is 1.42. The Morgan fingerprint density at radius 1 is 1.30 bits per heavy atom. The zero-order valence-corrected chi connectivity index (χ0v) is 5.89. The molecule has 0 unspecified atom stereocenters. The molecule has 0 fully saturated rings. The maximum atomic E-state index is 10.5. The molecule has 0 aliphatic heterocycles. The molecule has 0 saturated heterocycles. The van der Waals surface area contributed by atoms with Crippen molar-refractivity contribution in [2.24, 2.45) is 0 Å². The van der Waals surface area contributed by atoms with Gasteiger partial charge >= 0.3 is 0 Å². The van der Waals surface area contributed by atoms with Crippen molar-refractivity contribution in [1.82, 2.24) is 0 Å². The molecule has 0 saturated carbocycles. The first kappa shape index (κ1) is 9.01. The van der Waals surface area contributed by atoms with Crippen LogP contribution in [-0.2, 0) is 4.79 Å². The number of carbonyl (C=O) groups excluding carboxylic acids is 1. The highest BCUT2D eigenvalue weighted by molar-refractivity contribution is 6.26. The van der Waals surface area contributed by atoms with Gasteiger partial charge in [-0.1, -0.05) is 0 Å². The third-order valence-electron chi connectivity index (χ3n) is 1.18. The number of carbonyl (C=O) groups is 1. The van der Waals surface area contributed by atoms with E-state index in [4.69, 9.17) is 10.8 Å². The van der Waals surface area contributed by atoms with Crippen molar-refractivity contribution in [1.29, 1.82) is 10.8 Å². The molecule has 10 heavy (non-hydrogen) atoms. The van der Waals surface area contributed by atoms with Crippen LogP contribution in [0.15, 0.2) is 0 Å². The van der Waals surface area contributed by atoms with Crippen LogP contribution in [-0.4, -0.2) is 18.2 Å². The van der Waals surface area contributed by atoms with Gasteiger partial charge in [-0.2, -0.15) is 0 Å². The molecule has 0 bridgehead atoms. The van der Waals surface area contributed by atoms with Crippen LogP contribution in [0.2, 0.25) is 0 Å². The second-order valence-corrected chi connectivity index (χ2v) is 2.06. The molecule has 0 aliphatic rings. The van der Waals surface area contributed by atoms with Crippen molar-refractivity contribution in [3.63, 3.8) is 0 Å². The summed E-state index contributed by atoms with van der Waals surface area (Å²) in [4.78, 5) is 10.5. The Morgan fingerprint density at radius 3 is 2.50 bits per heavy atom. The number of hydrogen-bond acceptors (Lipinski definition) is 3. The molecule has 2 N–H and O–H groups in total. The summed E-state index contributed by atoms with van der Waals surface area (Å²) in [5.41, 5.74) is 0. The van der Waals surface area contributed by atoms with Crippen LogP contribution in [0.4, 0.5) is 0 Å². The Labute approximate surface area is 60.5 Å². The van der Waals surface area contributed by atoms with Crippen molar-refractivity contribution in [2.45, 2.75) is 25.7 Å². The third-order valence-corrected chi connectivity index (χ3v) is 1.18. The molecule has 0 spiro atoms. The number of unbranched alkanes of at least 4 members (excludes halogenated alkanes) is 2. The highest BCUT2D eigenvalue weighted by Gasteiger charge is 1.94. The highest BCUT2D eigenvalue weighted by Crippen LogP contribution is 1.97. The van der Waals surface area contributed by atoms with Gasteiger partial charge in [0.25, 0.3) is 0 Å². The highest BCUT2D eigenvalue weighted by atomic mass is 16.1. The van der Waals surface area contributed by atoms with Gasteiger partial charge in [0.1, 0.15) is 0 Å². The van der Waals surface area contributed by atoms with E-state index in [1.165, 1.54) is 6.21 Å². The van der Waals surface area contributed by atoms with Crippen molar-refractivity contribution in [3.8, 4) is 0 Å². The van der Waals surface area contributed by atoms with E-state index in [2.05, 4.69) is 0 Å². The monoisotopic (exact) mass is 140 g/mol. The van der Waals surface area contributed by atoms with E-state index < -0.39 is 0 Å². The van der Waals surface area contributed by atoms with Crippen molar-refractivity contribution in [3.05, 3.63) is 0 Å². The molecule has 0 aliphatic carbocycles. The molecular weight excluding hydrogens is 128 g/mol. The predicted molar refractivity (Wildman–Crippen MR) is 41.0 cm³/mol. The molecular formula is C7H12N2O. The third kappa shape index (κ3) is 5.15. The molecule has 0 aromatic rings. The zero-order valence-electron chi connectivity index (χ0n) is 5.89. The minimum absolute atomic E-state index is 0.120. The number of Topliss-reactive ketones (excluding diaryl/α,β-unsaturated/α-hetero) is 1. The molecule has 3 heteroatoms. The van der Waals surface area contributed by atoms with Gasteiger partial charge in [0.2, 0.25) is 0 Å². The molecule has 56 valence electrons. The van der Waals surface area contributed by atoms with E-state index in [0.29, 0.717) is 6.42 Å². The number of nitrogens with one attached hydrogen (secondary N) is 2. The van der Waals surface area contributed by atoms with Crippen LogP contribution in [0, 0.1) is 10.8 Å². The summed E-state index contributed by atoms with van der Waals surface area (Å²) in [6, 6.07) is 0. The minimum Gasteiger partial charge on any atom is -0.313 e. The first-order valence-electron chi connectivity index (χ1n) is 3.33.